The van der Waals surface area contributed by atoms with E-state index in [0.717, 1.165) is 33.8 Å². The van der Waals surface area contributed by atoms with E-state index < -0.39 is 0 Å². The van der Waals surface area contributed by atoms with Crippen molar-refractivity contribution in [3.8, 4) is 0 Å². The van der Waals surface area contributed by atoms with Gasteiger partial charge in [0, 0.05) is 22.5 Å². The first kappa shape index (κ1) is 22.8. The fourth-order valence-electron chi connectivity index (χ4n) is 3.59. The highest BCUT2D eigenvalue weighted by Crippen LogP contribution is 2.13. The zero-order chi connectivity index (χ0) is 23.9. The second kappa shape index (κ2) is 10.5. The molecule has 172 valence electrons. The molecule has 0 unspecified atom stereocenters. The van der Waals surface area contributed by atoms with Gasteiger partial charge in [0.2, 0.25) is 0 Å². The average molecular weight is 454 g/mol. The zero-order valence-corrected chi connectivity index (χ0v) is 19.2. The minimum atomic E-state index is -0.185. The van der Waals surface area contributed by atoms with Gasteiger partial charge in [0.05, 0.1) is 12.2 Å². The lowest BCUT2D eigenvalue weighted by molar-refractivity contribution is 0.102. The second-order valence-electron chi connectivity index (χ2n) is 8.06. The molecule has 4 rings (SSSR count). The number of nitrogens with zero attached hydrogens (tertiary/aromatic N) is 3. The number of nitrogens with two attached hydrogens (primary N) is 1. The van der Waals surface area contributed by atoms with Gasteiger partial charge in [-0.2, -0.15) is 5.10 Å². The highest BCUT2D eigenvalue weighted by Gasteiger charge is 2.08. The van der Waals surface area contributed by atoms with Gasteiger partial charge in [0.1, 0.15) is 6.61 Å². The number of aromatic nitrogens is 2. The van der Waals surface area contributed by atoms with Gasteiger partial charge < -0.3 is 15.9 Å². The maximum atomic E-state index is 12.5. The summed E-state index contributed by atoms with van der Waals surface area (Å²) < 4.78 is 1.96. The lowest BCUT2D eigenvalue weighted by atomic mass is 10.1. The summed E-state index contributed by atoms with van der Waals surface area (Å²) in [6, 6.07) is 26.4. The van der Waals surface area contributed by atoms with Crippen LogP contribution in [-0.4, -0.2) is 21.5 Å². The van der Waals surface area contributed by atoms with Crippen molar-refractivity contribution in [1.82, 2.24) is 9.78 Å². The number of carbonyl (C=O) groups is 1. The molecule has 1 amide bonds. The number of amides is 1. The third-order valence-electron chi connectivity index (χ3n) is 5.27. The Hall–Kier alpha value is -4.39. The van der Waals surface area contributed by atoms with Crippen LogP contribution >= 0.6 is 0 Å². The van der Waals surface area contributed by atoms with E-state index in [0.29, 0.717) is 12.1 Å². The molecule has 3 aromatic carbocycles. The zero-order valence-electron chi connectivity index (χ0n) is 19.2. The molecule has 0 aliphatic rings. The monoisotopic (exact) mass is 453 g/mol. The summed E-state index contributed by atoms with van der Waals surface area (Å²) >= 11 is 0. The van der Waals surface area contributed by atoms with Gasteiger partial charge in [-0.15, -0.1) is 0 Å². The van der Waals surface area contributed by atoms with Crippen LogP contribution in [0.15, 0.2) is 90.1 Å². The van der Waals surface area contributed by atoms with E-state index in [4.69, 9.17) is 10.6 Å². The van der Waals surface area contributed by atoms with Crippen LogP contribution in [0.3, 0.4) is 0 Å². The summed E-state index contributed by atoms with van der Waals surface area (Å²) in [7, 11) is 0. The number of aryl methyl sites for hydroxylation is 2. The van der Waals surface area contributed by atoms with Crippen LogP contribution in [0, 0.1) is 13.8 Å². The highest BCUT2D eigenvalue weighted by molar-refractivity contribution is 6.04. The van der Waals surface area contributed by atoms with Crippen molar-refractivity contribution in [2.75, 3.05) is 5.32 Å². The molecule has 0 spiro atoms. The first-order valence-electron chi connectivity index (χ1n) is 11.0. The normalized spacial score (nSPS) is 11.3. The molecular weight excluding hydrogens is 426 g/mol. The summed E-state index contributed by atoms with van der Waals surface area (Å²) in [6.07, 6.45) is 0. The number of rotatable bonds is 8. The van der Waals surface area contributed by atoms with E-state index in [2.05, 4.69) is 15.6 Å². The molecule has 0 aliphatic carbocycles. The number of hydrogen-bond acceptors (Lipinski definition) is 4. The molecule has 0 bridgehead atoms. The molecule has 0 aliphatic heterocycles. The average Bonchev–Trinajstić information content (AvgIpc) is 3.16. The molecule has 7 nitrogen and oxygen atoms in total. The molecule has 34 heavy (non-hydrogen) atoms. The van der Waals surface area contributed by atoms with Gasteiger partial charge in [0.25, 0.3) is 5.91 Å². The molecule has 7 heteroatoms. The Morgan fingerprint density at radius 2 is 1.65 bits per heavy atom. The lowest BCUT2D eigenvalue weighted by Crippen LogP contribution is -2.15. The number of carbonyl (C=O) groups excluding carboxylic acids is 1. The largest absolute Gasteiger partial charge is 0.389 e. The number of amidine groups is 1. The number of anilines is 1. The smallest absolute Gasteiger partial charge is 0.255 e. The number of para-hydroxylation sites is 1. The van der Waals surface area contributed by atoms with Crippen LogP contribution in [-0.2, 0) is 18.0 Å². The second-order valence-corrected chi connectivity index (χ2v) is 8.06. The standard InChI is InChI=1S/C27H27N5O2/c1-19-14-20(2)32(30-19)17-21-8-6-10-23(15-21)26(28)31-34-18-22-9-7-11-24(16-22)27(33)29-25-12-4-3-5-13-25/h3-16H,17-18H2,1-2H3,(H2,28,31)(H,29,33). The summed E-state index contributed by atoms with van der Waals surface area (Å²) in [6.45, 7) is 4.86. The number of benzene rings is 3. The number of hydrogen-bond donors (Lipinski definition) is 2. The van der Waals surface area contributed by atoms with Crippen LogP contribution < -0.4 is 11.1 Å². The van der Waals surface area contributed by atoms with Crippen molar-refractivity contribution in [3.05, 3.63) is 119 Å². The Bertz CT molecular complexity index is 1310. The topological polar surface area (TPSA) is 94.5 Å². The Morgan fingerprint density at radius 3 is 2.38 bits per heavy atom. The molecule has 4 aromatic rings. The molecule has 3 N–H and O–H groups in total. The van der Waals surface area contributed by atoms with Gasteiger partial charge in [-0.25, -0.2) is 0 Å². The maximum Gasteiger partial charge on any atom is 0.255 e. The van der Waals surface area contributed by atoms with Gasteiger partial charge in [0.15, 0.2) is 5.84 Å². The van der Waals surface area contributed by atoms with E-state index in [1.54, 1.807) is 12.1 Å². The van der Waals surface area contributed by atoms with E-state index >= 15 is 0 Å². The molecule has 0 atom stereocenters. The molecule has 0 radical (unpaired) electrons. The first-order chi connectivity index (χ1) is 16.5. The SMILES string of the molecule is Cc1cc(C)n(Cc2cccc(/C(N)=N/OCc3cccc(C(=O)Nc4ccccc4)c3)c2)n1. The Morgan fingerprint density at radius 1 is 0.941 bits per heavy atom. The van der Waals surface area contributed by atoms with Crippen LogP contribution in [0.5, 0.6) is 0 Å². The van der Waals surface area contributed by atoms with E-state index in [-0.39, 0.29) is 18.3 Å². The minimum Gasteiger partial charge on any atom is -0.389 e. The maximum absolute atomic E-state index is 12.5. The highest BCUT2D eigenvalue weighted by atomic mass is 16.6. The van der Waals surface area contributed by atoms with Crippen LogP contribution in [0.4, 0.5) is 5.69 Å². The van der Waals surface area contributed by atoms with Gasteiger partial charge >= 0.3 is 0 Å². The first-order valence-corrected chi connectivity index (χ1v) is 11.0. The third-order valence-corrected chi connectivity index (χ3v) is 5.27. The van der Waals surface area contributed by atoms with Crippen molar-refractivity contribution in [2.45, 2.75) is 27.0 Å². The van der Waals surface area contributed by atoms with Crippen molar-refractivity contribution >= 4 is 17.4 Å². The summed E-state index contributed by atoms with van der Waals surface area (Å²) in [4.78, 5) is 18.0. The van der Waals surface area contributed by atoms with E-state index in [1.807, 2.05) is 91.3 Å². The molecule has 1 aromatic heterocycles. The fourth-order valence-corrected chi connectivity index (χ4v) is 3.59. The summed E-state index contributed by atoms with van der Waals surface area (Å²) in [5, 5.41) is 11.5. The van der Waals surface area contributed by atoms with Gasteiger partial charge in [-0.3, -0.25) is 9.48 Å². The Labute approximate surface area is 198 Å². The third kappa shape index (κ3) is 5.89. The van der Waals surface area contributed by atoms with E-state index in [9.17, 15) is 4.79 Å². The van der Waals surface area contributed by atoms with Crippen LogP contribution in [0.25, 0.3) is 0 Å². The number of oxime groups is 1. The Kier molecular flexibility index (Phi) is 7.03. The predicted octanol–water partition coefficient (Wildman–Crippen LogP) is 4.64. The molecular formula is C27H27N5O2. The quantitative estimate of drug-likeness (QED) is 0.231. The Balaban J connectivity index is 1.37. The van der Waals surface area contributed by atoms with Crippen molar-refractivity contribution in [2.24, 2.45) is 10.9 Å². The van der Waals surface area contributed by atoms with Crippen molar-refractivity contribution < 1.29 is 9.63 Å². The molecule has 0 saturated carbocycles. The van der Waals surface area contributed by atoms with Crippen molar-refractivity contribution in [3.63, 3.8) is 0 Å². The molecule has 0 fully saturated rings. The summed E-state index contributed by atoms with van der Waals surface area (Å²) in [5.74, 6) is 0.101. The van der Waals surface area contributed by atoms with Gasteiger partial charge in [-0.05, 0) is 61.4 Å². The van der Waals surface area contributed by atoms with Crippen LogP contribution in [0.2, 0.25) is 0 Å². The van der Waals surface area contributed by atoms with E-state index in [1.165, 1.54) is 0 Å². The van der Waals surface area contributed by atoms with Crippen molar-refractivity contribution in [1.29, 1.82) is 0 Å². The fraction of sp³-hybridized carbons (Fsp3) is 0.148. The predicted molar refractivity (Wildman–Crippen MR) is 134 cm³/mol. The lowest BCUT2D eigenvalue weighted by Gasteiger charge is -2.08. The number of nitrogens with one attached hydrogen (secondary N) is 1. The summed E-state index contributed by atoms with van der Waals surface area (Å²) in [5.41, 5.74) is 12.2. The van der Waals surface area contributed by atoms with Gasteiger partial charge in [-0.1, -0.05) is 53.7 Å². The minimum absolute atomic E-state index is 0.185. The molecule has 1 heterocycles. The molecule has 0 saturated heterocycles. The van der Waals surface area contributed by atoms with Crippen LogP contribution in [0.1, 0.15) is 38.4 Å².